The number of fused-ring (bicyclic) bond motifs is 6. The second-order valence-electron chi connectivity index (χ2n) is 14.2. The van der Waals surface area contributed by atoms with Gasteiger partial charge in [-0.1, -0.05) is 190 Å². The topological polar surface area (TPSA) is 3.24 Å². The molecule has 8 aromatic rings. The summed E-state index contributed by atoms with van der Waals surface area (Å²) < 4.78 is 79.0. The number of benzene rings is 8. The van der Waals surface area contributed by atoms with E-state index in [1.807, 2.05) is 84.9 Å². The second-order valence-corrected chi connectivity index (χ2v) is 14.2. The molecule has 0 N–H and O–H groups in total. The molecule has 0 saturated carbocycles. The molecular weight excluding hydrogens is 639 g/mol. The lowest BCUT2D eigenvalue weighted by atomic mass is 9.68. The molecule has 8 aromatic carbocycles. The zero-order chi connectivity index (χ0) is 43.4. The Morgan fingerprint density at radius 1 is 0.415 bits per heavy atom. The quantitative estimate of drug-likeness (QED) is 0.168. The molecule has 0 aliphatic heterocycles. The highest BCUT2D eigenvalue weighted by atomic mass is 15.1. The van der Waals surface area contributed by atoms with Gasteiger partial charge in [0.25, 0.3) is 0 Å². The summed E-state index contributed by atoms with van der Waals surface area (Å²) in [5.41, 5.74) is 10.0. The van der Waals surface area contributed by atoms with Gasteiger partial charge in [-0.25, -0.2) is 0 Å². The molecule has 0 heterocycles. The average molecular weight is 687 g/mol. The molecule has 0 unspecified atom stereocenters. The van der Waals surface area contributed by atoms with Crippen molar-refractivity contribution in [3.05, 3.63) is 233 Å². The Kier molecular flexibility index (Phi) is 5.28. The van der Waals surface area contributed by atoms with Crippen molar-refractivity contribution in [3.63, 3.8) is 0 Å². The number of hydrogen-bond acceptors (Lipinski definition) is 1. The van der Waals surface area contributed by atoms with Crippen molar-refractivity contribution < 1.29 is 12.3 Å². The lowest BCUT2D eigenvalue weighted by Crippen LogP contribution is -2.28. The van der Waals surface area contributed by atoms with Crippen molar-refractivity contribution in [2.45, 2.75) is 24.7 Å². The molecule has 1 heteroatoms. The standard InChI is InChI=1S/C52H39N/c1-51(2)43-26-14-12-24-41(43)49-45(51)28-16-30-47(49)53(40-34-32-37(33-35-40)36-18-6-3-7-19-36)48-31-17-29-46-50(48)42-25-13-15-27-44(42)52(46,38-20-8-4-9-21-38)39-22-10-5-11-23-39/h3-35H,1-2H3/i3D,6D,7D,13D,14D,15D,18D,26D,27D. The third-order valence-corrected chi connectivity index (χ3v) is 11.1. The molecule has 0 bridgehead atoms. The Morgan fingerprint density at radius 2 is 1.02 bits per heavy atom. The smallest absolute Gasteiger partial charge is 0.0714 e. The van der Waals surface area contributed by atoms with Crippen molar-refractivity contribution in [3.8, 4) is 33.4 Å². The van der Waals surface area contributed by atoms with Gasteiger partial charge in [-0.3, -0.25) is 0 Å². The fourth-order valence-electron chi connectivity index (χ4n) is 8.83. The van der Waals surface area contributed by atoms with E-state index in [0.29, 0.717) is 22.3 Å². The Hall–Kier alpha value is -6.44. The maximum atomic E-state index is 9.67. The molecule has 1 nitrogen and oxygen atoms in total. The number of nitrogens with zero attached hydrogens (tertiary/aromatic N) is 1. The van der Waals surface area contributed by atoms with Crippen LogP contribution in [0.4, 0.5) is 17.1 Å². The Bertz CT molecular complexity index is 3100. The monoisotopic (exact) mass is 686 g/mol. The molecule has 0 atom stereocenters. The number of rotatable bonds is 6. The van der Waals surface area contributed by atoms with E-state index in [9.17, 15) is 1.37 Å². The van der Waals surface area contributed by atoms with Crippen LogP contribution in [0.15, 0.2) is 200 Å². The molecule has 2 aliphatic rings. The normalized spacial score (nSPS) is 16.5. The summed E-state index contributed by atoms with van der Waals surface area (Å²) in [5.74, 6) is 0. The highest BCUT2D eigenvalue weighted by molar-refractivity contribution is 6.01. The molecule has 0 aromatic heterocycles. The van der Waals surface area contributed by atoms with E-state index < -0.39 is 10.8 Å². The summed E-state index contributed by atoms with van der Waals surface area (Å²) in [6.07, 6.45) is 0. The highest BCUT2D eigenvalue weighted by Crippen LogP contribution is 2.61. The molecular formula is C52H39N. The van der Waals surface area contributed by atoms with Crippen LogP contribution in [-0.2, 0) is 10.8 Å². The zero-order valence-corrected chi connectivity index (χ0v) is 29.3. The SMILES string of the molecule is [2H]c1cc(-c2ccc(N(c3cccc4c3-c3ccc([2H])c([2H])c3C4(C)C)c3cccc4c3-c3cc([2H])c([2H])c([2H])c3C4(c3ccccc3)c3ccccc3)cc2)c([2H])c([2H])c1[2H]. The molecule has 252 valence electrons. The third kappa shape index (κ3) is 4.57. The van der Waals surface area contributed by atoms with Crippen LogP contribution in [-0.4, -0.2) is 0 Å². The van der Waals surface area contributed by atoms with Crippen molar-refractivity contribution in [2.24, 2.45) is 0 Å². The van der Waals surface area contributed by atoms with Crippen molar-refractivity contribution >= 4 is 17.1 Å². The van der Waals surface area contributed by atoms with E-state index in [-0.39, 0.29) is 54.4 Å². The summed E-state index contributed by atoms with van der Waals surface area (Å²) in [4.78, 5) is 2.17. The van der Waals surface area contributed by atoms with Gasteiger partial charge in [0.05, 0.1) is 29.1 Å². The van der Waals surface area contributed by atoms with E-state index in [4.69, 9.17) is 11.0 Å². The van der Waals surface area contributed by atoms with Crippen molar-refractivity contribution in [1.82, 2.24) is 0 Å². The van der Waals surface area contributed by atoms with Crippen molar-refractivity contribution in [1.29, 1.82) is 0 Å². The summed E-state index contributed by atoms with van der Waals surface area (Å²) in [7, 11) is 0. The minimum Gasteiger partial charge on any atom is -0.309 e. The van der Waals surface area contributed by atoms with Crippen LogP contribution < -0.4 is 4.90 Å². The molecule has 10 rings (SSSR count). The highest BCUT2D eigenvalue weighted by Gasteiger charge is 2.47. The van der Waals surface area contributed by atoms with Gasteiger partial charge in [0.2, 0.25) is 0 Å². The van der Waals surface area contributed by atoms with Gasteiger partial charge in [0.1, 0.15) is 0 Å². The van der Waals surface area contributed by atoms with Gasteiger partial charge >= 0.3 is 0 Å². The van der Waals surface area contributed by atoms with Crippen LogP contribution in [0.2, 0.25) is 0 Å². The zero-order valence-electron chi connectivity index (χ0n) is 38.3. The fraction of sp³-hybridized carbons (Fsp3) is 0.0769. The predicted octanol–water partition coefficient (Wildman–Crippen LogP) is 13.5. The van der Waals surface area contributed by atoms with E-state index >= 15 is 0 Å². The van der Waals surface area contributed by atoms with Gasteiger partial charge < -0.3 is 4.90 Å². The fourth-order valence-corrected chi connectivity index (χ4v) is 8.83. The first-order chi connectivity index (χ1) is 29.8. The Balaban J connectivity index is 1.32. The first-order valence-corrected chi connectivity index (χ1v) is 17.9. The summed E-state index contributed by atoms with van der Waals surface area (Å²) in [6, 6.07) is 46.1. The van der Waals surface area contributed by atoms with E-state index in [1.165, 1.54) is 6.07 Å². The van der Waals surface area contributed by atoms with Crippen molar-refractivity contribution in [2.75, 3.05) is 4.90 Å². The van der Waals surface area contributed by atoms with Gasteiger partial charge in [-0.2, -0.15) is 0 Å². The largest absolute Gasteiger partial charge is 0.309 e. The summed E-state index contributed by atoms with van der Waals surface area (Å²) >= 11 is 0. The minimum atomic E-state index is -1.03. The molecule has 0 fully saturated rings. The van der Waals surface area contributed by atoms with Gasteiger partial charge in [0.15, 0.2) is 0 Å². The lowest BCUT2D eigenvalue weighted by molar-refractivity contribution is 0.660. The van der Waals surface area contributed by atoms with Gasteiger partial charge in [0, 0.05) is 22.2 Å². The predicted molar refractivity (Wildman–Crippen MR) is 221 cm³/mol. The summed E-state index contributed by atoms with van der Waals surface area (Å²) in [5, 5.41) is 0. The third-order valence-electron chi connectivity index (χ3n) is 11.1. The van der Waals surface area contributed by atoms with Crippen LogP contribution in [0.5, 0.6) is 0 Å². The van der Waals surface area contributed by atoms with Gasteiger partial charge in [-0.05, 0) is 79.9 Å². The average Bonchev–Trinajstić information content (AvgIpc) is 3.72. The molecule has 53 heavy (non-hydrogen) atoms. The number of anilines is 3. The first-order valence-electron chi connectivity index (χ1n) is 22.4. The molecule has 0 saturated heterocycles. The summed E-state index contributed by atoms with van der Waals surface area (Å²) in [6.45, 7) is 4.18. The molecule has 2 aliphatic carbocycles. The Labute approximate surface area is 325 Å². The second kappa shape index (κ2) is 12.1. The van der Waals surface area contributed by atoms with Crippen LogP contribution >= 0.6 is 0 Å². The number of hydrogen-bond donors (Lipinski definition) is 0. The first kappa shape index (κ1) is 23.2. The molecule has 0 radical (unpaired) electrons. The van der Waals surface area contributed by atoms with Crippen LogP contribution in [0.1, 0.15) is 59.6 Å². The minimum absolute atomic E-state index is 0.0175. The molecule has 0 amide bonds. The van der Waals surface area contributed by atoms with Crippen LogP contribution in [0, 0.1) is 0 Å². The van der Waals surface area contributed by atoms with Gasteiger partial charge in [-0.15, -0.1) is 0 Å². The van der Waals surface area contributed by atoms with E-state index in [1.54, 1.807) is 12.1 Å². The Morgan fingerprint density at radius 3 is 1.74 bits per heavy atom. The lowest BCUT2D eigenvalue weighted by Gasteiger charge is -2.34. The van der Waals surface area contributed by atoms with Crippen LogP contribution in [0.25, 0.3) is 33.4 Å². The maximum absolute atomic E-state index is 9.67. The van der Waals surface area contributed by atoms with Crippen LogP contribution in [0.3, 0.4) is 0 Å². The van der Waals surface area contributed by atoms with E-state index in [2.05, 4.69) is 61.2 Å². The van der Waals surface area contributed by atoms with E-state index in [0.717, 1.165) is 61.6 Å². The molecule has 0 spiro atoms. The maximum Gasteiger partial charge on any atom is 0.0714 e.